The van der Waals surface area contributed by atoms with Crippen LogP contribution in [0.3, 0.4) is 0 Å². The Morgan fingerprint density at radius 1 is 1.24 bits per heavy atom. The maximum atomic E-state index is 10.2. The Bertz CT molecular complexity index is 382. The van der Waals surface area contributed by atoms with E-state index in [-0.39, 0.29) is 0 Å². The van der Waals surface area contributed by atoms with E-state index < -0.39 is 12.1 Å². The molecule has 0 aliphatic carbocycles. The van der Waals surface area contributed by atoms with Crippen molar-refractivity contribution in [3.63, 3.8) is 0 Å². The lowest BCUT2D eigenvalue weighted by molar-refractivity contribution is -0.00546. The Morgan fingerprint density at radius 2 is 1.88 bits per heavy atom. The van der Waals surface area contributed by atoms with Crippen LogP contribution in [0.1, 0.15) is 11.7 Å². The minimum Gasteiger partial charge on any atom is -0.386 e. The molecule has 0 radical (unpaired) electrons. The molecule has 17 heavy (non-hydrogen) atoms. The number of rotatable bonds is 3. The minimum absolute atomic E-state index is 0.499. The molecule has 1 aromatic carbocycles. The molecule has 0 unspecified atom stereocenters. The third-order valence-corrected chi connectivity index (χ3v) is 3.01. The summed E-state index contributed by atoms with van der Waals surface area (Å²) in [7, 11) is 0. The molecule has 0 spiro atoms. The standard InChI is InChI=1S/C13H16N2O2/c14-10-12(15-6-8-17-9-7-15)13(16)11-4-2-1-3-5-11/h1-5,12-13,16H,6-9H2/t12-,13+/m0/s1. The Labute approximate surface area is 101 Å². The third-order valence-electron chi connectivity index (χ3n) is 3.01. The maximum Gasteiger partial charge on any atom is 0.128 e. The molecule has 1 heterocycles. The van der Waals surface area contributed by atoms with Gasteiger partial charge in [0.25, 0.3) is 0 Å². The zero-order chi connectivity index (χ0) is 12.1. The number of nitrogens with zero attached hydrogens (tertiary/aromatic N) is 2. The van der Waals surface area contributed by atoms with Gasteiger partial charge in [-0.2, -0.15) is 5.26 Å². The largest absolute Gasteiger partial charge is 0.386 e. The number of aliphatic hydroxyl groups excluding tert-OH is 1. The van der Waals surface area contributed by atoms with Crippen molar-refractivity contribution in [3.8, 4) is 6.07 Å². The number of benzene rings is 1. The van der Waals surface area contributed by atoms with Crippen molar-refractivity contribution in [2.24, 2.45) is 0 Å². The van der Waals surface area contributed by atoms with Crippen LogP contribution in [0.2, 0.25) is 0 Å². The zero-order valence-corrected chi connectivity index (χ0v) is 9.62. The molecule has 1 aromatic rings. The van der Waals surface area contributed by atoms with Crippen molar-refractivity contribution in [3.05, 3.63) is 35.9 Å². The molecule has 4 nitrogen and oxygen atoms in total. The summed E-state index contributed by atoms with van der Waals surface area (Å²) in [4.78, 5) is 1.97. The van der Waals surface area contributed by atoms with Crippen LogP contribution < -0.4 is 0 Å². The van der Waals surface area contributed by atoms with Crippen molar-refractivity contribution in [1.82, 2.24) is 4.90 Å². The summed E-state index contributed by atoms with van der Waals surface area (Å²) >= 11 is 0. The summed E-state index contributed by atoms with van der Waals surface area (Å²) in [6.45, 7) is 2.64. The summed E-state index contributed by atoms with van der Waals surface area (Å²) in [5.41, 5.74) is 0.783. The lowest BCUT2D eigenvalue weighted by Crippen LogP contribution is -2.45. The Kier molecular flexibility index (Phi) is 4.10. The normalized spacial score (nSPS) is 20.5. The number of hydrogen-bond donors (Lipinski definition) is 1. The zero-order valence-electron chi connectivity index (χ0n) is 9.62. The molecule has 2 atom stereocenters. The molecule has 2 rings (SSSR count). The van der Waals surface area contributed by atoms with Gasteiger partial charge in [-0.1, -0.05) is 30.3 Å². The summed E-state index contributed by atoms with van der Waals surface area (Å²) in [6.07, 6.45) is -0.765. The van der Waals surface area contributed by atoms with E-state index in [1.165, 1.54) is 0 Å². The molecule has 90 valence electrons. The van der Waals surface area contributed by atoms with Crippen molar-refractivity contribution in [2.45, 2.75) is 12.1 Å². The highest BCUT2D eigenvalue weighted by molar-refractivity contribution is 5.21. The van der Waals surface area contributed by atoms with Gasteiger partial charge in [0.2, 0.25) is 0 Å². The van der Waals surface area contributed by atoms with E-state index in [9.17, 15) is 10.4 Å². The summed E-state index contributed by atoms with van der Waals surface area (Å²) in [6, 6.07) is 11.0. The second-order valence-electron chi connectivity index (χ2n) is 4.08. The van der Waals surface area contributed by atoms with Crippen LogP contribution >= 0.6 is 0 Å². The Balaban J connectivity index is 2.10. The van der Waals surface area contributed by atoms with E-state index in [1.807, 2.05) is 35.2 Å². The van der Waals surface area contributed by atoms with Crippen LogP contribution in [-0.4, -0.2) is 42.4 Å². The summed E-state index contributed by atoms with van der Waals surface area (Å²) in [5, 5.41) is 19.4. The van der Waals surface area contributed by atoms with E-state index in [0.717, 1.165) is 5.56 Å². The monoisotopic (exact) mass is 232 g/mol. The fourth-order valence-corrected chi connectivity index (χ4v) is 2.04. The fraction of sp³-hybridized carbons (Fsp3) is 0.462. The SMILES string of the molecule is N#C[C@@H]([C@H](O)c1ccccc1)N1CCOCC1. The van der Waals surface area contributed by atoms with Gasteiger partial charge in [0.1, 0.15) is 12.1 Å². The molecule has 1 aliphatic rings. The molecule has 0 saturated carbocycles. The van der Waals surface area contributed by atoms with Gasteiger partial charge >= 0.3 is 0 Å². The Hall–Kier alpha value is -1.41. The highest BCUT2D eigenvalue weighted by atomic mass is 16.5. The van der Waals surface area contributed by atoms with Crippen LogP contribution in [0.4, 0.5) is 0 Å². The van der Waals surface area contributed by atoms with Crippen LogP contribution in [0, 0.1) is 11.3 Å². The molecule has 1 N–H and O–H groups in total. The molecule has 0 bridgehead atoms. The minimum atomic E-state index is -0.765. The van der Waals surface area contributed by atoms with Gasteiger partial charge < -0.3 is 9.84 Å². The quantitative estimate of drug-likeness (QED) is 0.842. The second-order valence-corrected chi connectivity index (χ2v) is 4.08. The van der Waals surface area contributed by atoms with Crippen molar-refractivity contribution < 1.29 is 9.84 Å². The van der Waals surface area contributed by atoms with Gasteiger partial charge in [-0.05, 0) is 5.56 Å². The molecule has 1 fully saturated rings. The molecule has 4 heteroatoms. The van der Waals surface area contributed by atoms with E-state index in [2.05, 4.69) is 6.07 Å². The Morgan fingerprint density at radius 3 is 2.47 bits per heavy atom. The van der Waals surface area contributed by atoms with Crippen molar-refractivity contribution in [1.29, 1.82) is 5.26 Å². The first-order valence-electron chi connectivity index (χ1n) is 5.77. The first-order chi connectivity index (χ1) is 8.33. The van der Waals surface area contributed by atoms with E-state index in [4.69, 9.17) is 4.74 Å². The molecule has 1 saturated heterocycles. The van der Waals surface area contributed by atoms with Gasteiger partial charge in [0, 0.05) is 13.1 Å². The number of ether oxygens (including phenoxy) is 1. The third kappa shape index (κ3) is 2.83. The smallest absolute Gasteiger partial charge is 0.128 e. The van der Waals surface area contributed by atoms with Gasteiger partial charge in [-0.25, -0.2) is 0 Å². The van der Waals surface area contributed by atoms with E-state index in [1.54, 1.807) is 0 Å². The number of nitriles is 1. The average Bonchev–Trinajstić information content (AvgIpc) is 2.42. The van der Waals surface area contributed by atoms with Gasteiger partial charge in [0.05, 0.1) is 19.3 Å². The van der Waals surface area contributed by atoms with E-state index in [0.29, 0.717) is 26.3 Å². The molecule has 1 aliphatic heterocycles. The van der Waals surface area contributed by atoms with Crippen molar-refractivity contribution >= 4 is 0 Å². The molecular weight excluding hydrogens is 216 g/mol. The fourth-order valence-electron chi connectivity index (χ4n) is 2.04. The lowest BCUT2D eigenvalue weighted by Gasteiger charge is -2.33. The summed E-state index contributed by atoms with van der Waals surface area (Å²) in [5.74, 6) is 0. The predicted molar refractivity (Wildman–Crippen MR) is 63.2 cm³/mol. The van der Waals surface area contributed by atoms with Crippen LogP contribution in [0.15, 0.2) is 30.3 Å². The predicted octanol–water partition coefficient (Wildman–Crippen LogP) is 0.944. The highest BCUT2D eigenvalue weighted by Gasteiger charge is 2.28. The first kappa shape index (κ1) is 12.1. The van der Waals surface area contributed by atoms with Gasteiger partial charge in [0.15, 0.2) is 0 Å². The van der Waals surface area contributed by atoms with Crippen LogP contribution in [0.5, 0.6) is 0 Å². The summed E-state index contributed by atoms with van der Waals surface area (Å²) < 4.78 is 5.25. The van der Waals surface area contributed by atoms with Crippen molar-refractivity contribution in [2.75, 3.05) is 26.3 Å². The average molecular weight is 232 g/mol. The highest BCUT2D eigenvalue weighted by Crippen LogP contribution is 2.21. The van der Waals surface area contributed by atoms with Crippen LogP contribution in [-0.2, 0) is 4.74 Å². The number of aliphatic hydroxyl groups is 1. The van der Waals surface area contributed by atoms with E-state index >= 15 is 0 Å². The van der Waals surface area contributed by atoms with Gasteiger partial charge in [-0.15, -0.1) is 0 Å². The topological polar surface area (TPSA) is 56.5 Å². The van der Waals surface area contributed by atoms with Gasteiger partial charge in [-0.3, -0.25) is 4.90 Å². The van der Waals surface area contributed by atoms with Crippen LogP contribution in [0.25, 0.3) is 0 Å². The number of hydrogen-bond acceptors (Lipinski definition) is 4. The number of morpholine rings is 1. The lowest BCUT2D eigenvalue weighted by atomic mass is 10.0. The second kappa shape index (κ2) is 5.78. The molecule has 0 aromatic heterocycles. The maximum absolute atomic E-state index is 10.2. The first-order valence-corrected chi connectivity index (χ1v) is 5.77. The molecule has 0 amide bonds. The molecular formula is C13H16N2O2.